The fraction of sp³-hybridized carbons (Fsp3) is 0.0526. The van der Waals surface area contributed by atoms with E-state index in [1.54, 1.807) is 35.6 Å². The molecule has 5 nitrogen and oxygen atoms in total. The molecule has 2 aromatic heterocycles. The van der Waals surface area contributed by atoms with E-state index in [0.29, 0.717) is 16.6 Å². The zero-order valence-electron chi connectivity index (χ0n) is 13.7. The maximum Gasteiger partial charge on any atom is 0.181 e. The summed E-state index contributed by atoms with van der Waals surface area (Å²) in [6.07, 6.45) is 1.37. The maximum absolute atomic E-state index is 12.2. The van der Waals surface area contributed by atoms with Crippen LogP contribution in [0.15, 0.2) is 65.5 Å². The number of pyridine rings is 1. The fourth-order valence-electron chi connectivity index (χ4n) is 2.84. The van der Waals surface area contributed by atoms with Crippen molar-refractivity contribution in [3.63, 3.8) is 0 Å². The predicted molar refractivity (Wildman–Crippen MR) is 107 cm³/mol. The van der Waals surface area contributed by atoms with Crippen molar-refractivity contribution in [2.75, 3.05) is 11.5 Å². The highest BCUT2D eigenvalue weighted by Crippen LogP contribution is 2.30. The Morgan fingerprint density at radius 3 is 2.77 bits per heavy atom. The Morgan fingerprint density at radius 1 is 1.12 bits per heavy atom. The zero-order chi connectivity index (χ0) is 18.3. The van der Waals surface area contributed by atoms with Crippen LogP contribution >= 0.6 is 11.3 Å². The summed E-state index contributed by atoms with van der Waals surface area (Å²) in [5.41, 5.74) is 11.7. The minimum absolute atomic E-state index is 0.114. The van der Waals surface area contributed by atoms with Crippen LogP contribution in [0.4, 0.5) is 5.69 Å². The quantitative estimate of drug-likeness (QED) is 0.539. The van der Waals surface area contributed by atoms with Gasteiger partial charge in [-0.15, -0.1) is 17.9 Å². The molecular formula is C19H15N3O2S2. The number of sulfone groups is 1. The SMILES string of the molecule is C=CCS(=O)(=O)c1ccc2nc(-c3ccc4scnc4c3)cc(N)c2c1. The third-order valence-corrected chi connectivity index (χ3v) is 6.59. The number of rotatable bonds is 4. The Bertz CT molecular complexity index is 1260. The Balaban J connectivity index is 1.85. The standard InChI is InChI=1S/C19H15N3O2S2/c1-2-7-26(23,24)13-4-5-16-14(9-13)15(20)10-17(22-16)12-3-6-19-18(8-12)21-11-25-19/h2-6,8-11H,1,7H2,(H2,20,22). The van der Waals surface area contributed by atoms with Gasteiger partial charge in [0.2, 0.25) is 0 Å². The summed E-state index contributed by atoms with van der Waals surface area (Å²) in [6, 6.07) is 12.5. The van der Waals surface area contributed by atoms with E-state index in [4.69, 9.17) is 5.73 Å². The summed E-state index contributed by atoms with van der Waals surface area (Å²) in [4.78, 5) is 9.20. The van der Waals surface area contributed by atoms with Crippen LogP contribution in [0.5, 0.6) is 0 Å². The molecule has 4 aromatic rings. The molecule has 0 amide bonds. The second-order valence-electron chi connectivity index (χ2n) is 5.88. The van der Waals surface area contributed by atoms with Crippen LogP contribution in [0, 0.1) is 0 Å². The number of fused-ring (bicyclic) bond motifs is 2. The van der Waals surface area contributed by atoms with E-state index in [0.717, 1.165) is 21.5 Å². The molecule has 0 saturated carbocycles. The average molecular weight is 381 g/mol. The van der Waals surface area contributed by atoms with E-state index < -0.39 is 9.84 Å². The summed E-state index contributed by atoms with van der Waals surface area (Å²) in [7, 11) is -3.41. The van der Waals surface area contributed by atoms with Gasteiger partial charge in [0.15, 0.2) is 9.84 Å². The monoisotopic (exact) mass is 381 g/mol. The Morgan fingerprint density at radius 2 is 1.96 bits per heavy atom. The summed E-state index contributed by atoms with van der Waals surface area (Å²) in [5.74, 6) is -0.114. The minimum atomic E-state index is -3.41. The van der Waals surface area contributed by atoms with Gasteiger partial charge in [0.25, 0.3) is 0 Å². The van der Waals surface area contributed by atoms with E-state index in [2.05, 4.69) is 16.5 Å². The van der Waals surface area contributed by atoms with E-state index in [1.165, 1.54) is 6.08 Å². The molecule has 4 rings (SSSR count). The lowest BCUT2D eigenvalue weighted by molar-refractivity contribution is 0.599. The summed E-state index contributed by atoms with van der Waals surface area (Å²) >= 11 is 1.58. The van der Waals surface area contributed by atoms with Crippen molar-refractivity contribution in [1.82, 2.24) is 9.97 Å². The molecular weight excluding hydrogens is 366 g/mol. The van der Waals surface area contributed by atoms with Crippen LogP contribution in [-0.2, 0) is 9.84 Å². The van der Waals surface area contributed by atoms with Crippen molar-refractivity contribution in [2.24, 2.45) is 0 Å². The van der Waals surface area contributed by atoms with Crippen LogP contribution in [0.1, 0.15) is 0 Å². The second-order valence-corrected chi connectivity index (χ2v) is 8.80. The van der Waals surface area contributed by atoms with Gasteiger partial charge < -0.3 is 5.73 Å². The van der Waals surface area contributed by atoms with Crippen molar-refractivity contribution in [1.29, 1.82) is 0 Å². The molecule has 0 unspecified atom stereocenters. The van der Waals surface area contributed by atoms with Crippen molar-refractivity contribution >= 4 is 48.0 Å². The van der Waals surface area contributed by atoms with Gasteiger partial charge in [0.05, 0.1) is 37.6 Å². The molecule has 0 atom stereocenters. The van der Waals surface area contributed by atoms with Gasteiger partial charge >= 0.3 is 0 Å². The average Bonchev–Trinajstić information content (AvgIpc) is 3.09. The maximum atomic E-state index is 12.2. The first-order valence-corrected chi connectivity index (χ1v) is 10.4. The molecule has 2 aromatic carbocycles. The molecule has 2 heterocycles. The molecule has 0 radical (unpaired) electrons. The molecule has 0 fully saturated rings. The topological polar surface area (TPSA) is 85.9 Å². The van der Waals surface area contributed by atoms with Crippen molar-refractivity contribution in [2.45, 2.75) is 4.90 Å². The number of anilines is 1. The molecule has 0 saturated heterocycles. The first-order valence-electron chi connectivity index (χ1n) is 7.85. The van der Waals surface area contributed by atoms with E-state index >= 15 is 0 Å². The molecule has 130 valence electrons. The number of hydrogen-bond acceptors (Lipinski definition) is 6. The van der Waals surface area contributed by atoms with Gasteiger partial charge in [0, 0.05) is 16.6 Å². The van der Waals surface area contributed by atoms with Crippen LogP contribution in [0.25, 0.3) is 32.4 Å². The number of aromatic nitrogens is 2. The smallest absolute Gasteiger partial charge is 0.181 e. The zero-order valence-corrected chi connectivity index (χ0v) is 15.3. The van der Waals surface area contributed by atoms with Crippen molar-refractivity contribution in [3.05, 3.63) is 60.6 Å². The first kappa shape index (κ1) is 16.7. The molecule has 0 spiro atoms. The lowest BCUT2D eigenvalue weighted by Crippen LogP contribution is -2.04. The lowest BCUT2D eigenvalue weighted by atomic mass is 10.1. The fourth-order valence-corrected chi connectivity index (χ4v) is 4.58. The normalized spacial score (nSPS) is 11.8. The van der Waals surface area contributed by atoms with Gasteiger partial charge in [-0.25, -0.2) is 18.4 Å². The summed E-state index contributed by atoms with van der Waals surface area (Å²) in [5, 5.41) is 0.619. The Labute approximate surface area is 154 Å². The van der Waals surface area contributed by atoms with E-state index in [-0.39, 0.29) is 10.6 Å². The second kappa shape index (κ2) is 6.19. The van der Waals surface area contributed by atoms with Crippen LogP contribution < -0.4 is 5.73 Å². The summed E-state index contributed by atoms with van der Waals surface area (Å²) in [6.45, 7) is 3.49. The van der Waals surface area contributed by atoms with Crippen LogP contribution in [-0.4, -0.2) is 24.1 Å². The first-order chi connectivity index (χ1) is 12.5. The molecule has 0 aliphatic carbocycles. The molecule has 26 heavy (non-hydrogen) atoms. The van der Waals surface area contributed by atoms with Gasteiger partial charge in [-0.2, -0.15) is 0 Å². The molecule has 0 aliphatic rings. The molecule has 0 bridgehead atoms. The van der Waals surface area contributed by atoms with Gasteiger partial charge in [-0.3, -0.25) is 0 Å². The molecule has 7 heteroatoms. The highest BCUT2D eigenvalue weighted by atomic mass is 32.2. The largest absolute Gasteiger partial charge is 0.398 e. The minimum Gasteiger partial charge on any atom is -0.398 e. The number of nitrogens with two attached hydrogens (primary N) is 1. The van der Waals surface area contributed by atoms with Gasteiger partial charge in [-0.1, -0.05) is 12.1 Å². The number of benzene rings is 2. The Kier molecular flexibility index (Phi) is 3.97. The third kappa shape index (κ3) is 2.85. The van der Waals surface area contributed by atoms with Crippen molar-refractivity contribution in [3.8, 4) is 11.3 Å². The van der Waals surface area contributed by atoms with Crippen LogP contribution in [0.3, 0.4) is 0 Å². The number of hydrogen-bond donors (Lipinski definition) is 1. The van der Waals surface area contributed by atoms with E-state index in [1.807, 2.05) is 23.7 Å². The van der Waals surface area contributed by atoms with E-state index in [9.17, 15) is 8.42 Å². The molecule has 2 N–H and O–H groups in total. The third-order valence-electron chi connectivity index (χ3n) is 4.13. The number of thiazole rings is 1. The highest BCUT2D eigenvalue weighted by molar-refractivity contribution is 7.91. The number of nitrogens with zero attached hydrogens (tertiary/aromatic N) is 2. The van der Waals surface area contributed by atoms with Crippen LogP contribution in [0.2, 0.25) is 0 Å². The lowest BCUT2D eigenvalue weighted by Gasteiger charge is -2.09. The van der Waals surface area contributed by atoms with Gasteiger partial charge in [0.1, 0.15) is 0 Å². The Hall–Kier alpha value is -2.77. The number of nitrogen functional groups attached to an aromatic ring is 1. The predicted octanol–water partition coefficient (Wildman–Crippen LogP) is 4.05. The highest BCUT2D eigenvalue weighted by Gasteiger charge is 2.15. The molecule has 0 aliphatic heterocycles. The summed E-state index contributed by atoms with van der Waals surface area (Å²) < 4.78 is 25.6. The van der Waals surface area contributed by atoms with Crippen molar-refractivity contribution < 1.29 is 8.42 Å². The van der Waals surface area contributed by atoms with Gasteiger partial charge in [-0.05, 0) is 36.4 Å².